The summed E-state index contributed by atoms with van der Waals surface area (Å²) in [6.45, 7) is 1.96. The van der Waals surface area contributed by atoms with Crippen molar-refractivity contribution in [1.29, 1.82) is 0 Å². The van der Waals surface area contributed by atoms with Crippen molar-refractivity contribution in [1.82, 2.24) is 0 Å². The minimum atomic E-state index is -0.545. The zero-order chi connectivity index (χ0) is 20.9. The van der Waals surface area contributed by atoms with Gasteiger partial charge in [0, 0.05) is 11.1 Å². The molecule has 0 unspecified atom stereocenters. The van der Waals surface area contributed by atoms with Gasteiger partial charge in [0.2, 0.25) is 5.90 Å². The number of carbonyl (C=O) groups excluding carboxylic acids is 2. The van der Waals surface area contributed by atoms with Gasteiger partial charge in [-0.1, -0.05) is 66.2 Å². The smallest absolute Gasteiger partial charge is 0.363 e. The molecule has 30 heavy (non-hydrogen) atoms. The molecule has 0 atom stereocenters. The number of ether oxygens (including phenoxy) is 2. The first-order valence-electron chi connectivity index (χ1n) is 9.52. The molecule has 1 heterocycles. The van der Waals surface area contributed by atoms with Crippen LogP contribution in [0.15, 0.2) is 89.6 Å². The topological polar surface area (TPSA) is 65.0 Å². The third kappa shape index (κ3) is 4.52. The van der Waals surface area contributed by atoms with Crippen LogP contribution >= 0.6 is 0 Å². The van der Waals surface area contributed by atoms with Gasteiger partial charge in [0.1, 0.15) is 5.75 Å². The predicted molar refractivity (Wildman–Crippen MR) is 114 cm³/mol. The summed E-state index contributed by atoms with van der Waals surface area (Å²) >= 11 is 0. The van der Waals surface area contributed by atoms with Crippen molar-refractivity contribution < 1.29 is 19.1 Å². The number of esters is 2. The van der Waals surface area contributed by atoms with Gasteiger partial charge < -0.3 is 9.47 Å². The van der Waals surface area contributed by atoms with Crippen molar-refractivity contribution in [2.75, 3.05) is 0 Å². The summed E-state index contributed by atoms with van der Waals surface area (Å²) in [5, 5.41) is 0. The molecule has 5 nitrogen and oxygen atoms in total. The van der Waals surface area contributed by atoms with E-state index in [1.807, 2.05) is 61.5 Å². The highest BCUT2D eigenvalue weighted by Crippen LogP contribution is 2.25. The Morgan fingerprint density at radius 1 is 1.00 bits per heavy atom. The number of cyclic esters (lactones) is 1. The highest BCUT2D eigenvalue weighted by molar-refractivity contribution is 6.13. The third-order valence-electron chi connectivity index (χ3n) is 4.51. The molecule has 0 saturated heterocycles. The Morgan fingerprint density at radius 3 is 2.57 bits per heavy atom. The molecular formula is C25H19NO4. The summed E-state index contributed by atoms with van der Waals surface area (Å²) in [4.78, 5) is 29.0. The van der Waals surface area contributed by atoms with Gasteiger partial charge in [0.15, 0.2) is 5.70 Å². The fourth-order valence-electron chi connectivity index (χ4n) is 3.07. The predicted octanol–water partition coefficient (Wildman–Crippen LogP) is 4.49. The Labute approximate surface area is 174 Å². The maximum absolute atomic E-state index is 12.3. The lowest BCUT2D eigenvalue weighted by Crippen LogP contribution is -2.12. The van der Waals surface area contributed by atoms with E-state index in [4.69, 9.17) is 9.47 Å². The summed E-state index contributed by atoms with van der Waals surface area (Å²) in [5.41, 5.74) is 3.36. The number of hydrogen-bond donors (Lipinski definition) is 0. The van der Waals surface area contributed by atoms with E-state index >= 15 is 0 Å². The van der Waals surface area contributed by atoms with Gasteiger partial charge in [-0.3, -0.25) is 4.79 Å². The average Bonchev–Trinajstić information content (AvgIpc) is 3.10. The second kappa shape index (κ2) is 8.57. The van der Waals surface area contributed by atoms with Crippen LogP contribution in [-0.4, -0.2) is 17.8 Å². The molecule has 3 aromatic carbocycles. The molecule has 5 heteroatoms. The number of hydrogen-bond acceptors (Lipinski definition) is 5. The molecule has 148 valence electrons. The molecule has 0 bridgehead atoms. The first-order valence-corrected chi connectivity index (χ1v) is 9.52. The lowest BCUT2D eigenvalue weighted by Gasteiger charge is -2.07. The Bertz CT molecular complexity index is 1160. The molecule has 0 spiro atoms. The Balaban J connectivity index is 1.57. The minimum absolute atomic E-state index is 0.151. The number of para-hydroxylation sites is 1. The van der Waals surface area contributed by atoms with Gasteiger partial charge >= 0.3 is 11.9 Å². The maximum atomic E-state index is 12.3. The second-order valence-corrected chi connectivity index (χ2v) is 6.88. The number of aliphatic imine (C=N–C) groups is 1. The van der Waals surface area contributed by atoms with Gasteiger partial charge in [-0.25, -0.2) is 9.79 Å². The van der Waals surface area contributed by atoms with Crippen LogP contribution in [0.3, 0.4) is 0 Å². The van der Waals surface area contributed by atoms with E-state index in [1.165, 1.54) is 0 Å². The van der Waals surface area contributed by atoms with Crippen molar-refractivity contribution in [3.8, 4) is 5.75 Å². The van der Waals surface area contributed by atoms with Gasteiger partial charge in [0.25, 0.3) is 0 Å². The molecule has 3 aromatic rings. The van der Waals surface area contributed by atoms with Crippen molar-refractivity contribution in [3.05, 3.63) is 107 Å². The number of benzene rings is 3. The van der Waals surface area contributed by atoms with E-state index in [9.17, 15) is 9.59 Å². The highest BCUT2D eigenvalue weighted by atomic mass is 16.6. The molecule has 0 aromatic heterocycles. The average molecular weight is 397 g/mol. The fraction of sp³-hybridized carbons (Fsp3) is 0.0800. The van der Waals surface area contributed by atoms with Crippen LogP contribution in [0, 0.1) is 6.92 Å². The lowest BCUT2D eigenvalue weighted by molar-refractivity contribution is -0.133. The van der Waals surface area contributed by atoms with E-state index in [-0.39, 0.29) is 24.0 Å². The molecule has 0 aliphatic carbocycles. The second-order valence-electron chi connectivity index (χ2n) is 6.88. The number of carbonyl (C=O) groups is 2. The van der Waals surface area contributed by atoms with Crippen molar-refractivity contribution in [2.45, 2.75) is 13.3 Å². The van der Waals surface area contributed by atoms with Gasteiger partial charge in [0.05, 0.1) is 6.42 Å². The SMILES string of the molecule is Cc1cccc(C2=N/C(=C/c3ccccc3OC(=O)Cc3ccccc3)C(=O)O2)c1. The van der Waals surface area contributed by atoms with E-state index < -0.39 is 5.97 Å². The molecule has 0 amide bonds. The van der Waals surface area contributed by atoms with Crippen LogP contribution in [0.25, 0.3) is 6.08 Å². The minimum Gasteiger partial charge on any atom is -0.426 e. The van der Waals surface area contributed by atoms with Crippen LogP contribution in [0.5, 0.6) is 5.75 Å². The first-order chi connectivity index (χ1) is 14.6. The number of aryl methyl sites for hydroxylation is 1. The zero-order valence-electron chi connectivity index (χ0n) is 16.4. The van der Waals surface area contributed by atoms with Crippen LogP contribution in [0.4, 0.5) is 0 Å². The van der Waals surface area contributed by atoms with Gasteiger partial charge in [-0.05, 0) is 36.8 Å². The molecule has 0 fully saturated rings. The standard InChI is InChI=1S/C25H19NO4/c1-17-8-7-12-20(14-17)24-26-21(25(28)30-24)16-19-11-5-6-13-22(19)29-23(27)15-18-9-3-2-4-10-18/h2-14,16H,15H2,1H3/b21-16+. The third-order valence-corrected chi connectivity index (χ3v) is 4.51. The monoisotopic (exact) mass is 397 g/mol. The largest absolute Gasteiger partial charge is 0.426 e. The molecule has 1 aliphatic rings. The van der Waals surface area contributed by atoms with Crippen molar-refractivity contribution in [2.24, 2.45) is 4.99 Å². The number of nitrogens with zero attached hydrogens (tertiary/aromatic N) is 1. The number of rotatable bonds is 5. The van der Waals surface area contributed by atoms with E-state index in [2.05, 4.69) is 4.99 Å². The normalized spacial score (nSPS) is 14.4. The van der Waals surface area contributed by atoms with Crippen LogP contribution in [0.1, 0.15) is 22.3 Å². The van der Waals surface area contributed by atoms with Crippen LogP contribution in [0.2, 0.25) is 0 Å². The molecule has 0 radical (unpaired) electrons. The van der Waals surface area contributed by atoms with E-state index in [0.717, 1.165) is 16.7 Å². The Morgan fingerprint density at radius 2 is 1.77 bits per heavy atom. The Hall–Kier alpha value is -3.99. The lowest BCUT2D eigenvalue weighted by atomic mass is 10.1. The molecule has 1 aliphatic heterocycles. The van der Waals surface area contributed by atoms with Crippen molar-refractivity contribution >= 4 is 23.9 Å². The summed E-state index contributed by atoms with van der Waals surface area (Å²) < 4.78 is 10.9. The quantitative estimate of drug-likeness (QED) is 0.362. The fourth-order valence-corrected chi connectivity index (χ4v) is 3.07. The highest BCUT2D eigenvalue weighted by Gasteiger charge is 2.24. The maximum Gasteiger partial charge on any atom is 0.363 e. The molecule has 0 N–H and O–H groups in total. The molecule has 4 rings (SSSR count). The summed E-state index contributed by atoms with van der Waals surface area (Å²) in [5.74, 6) is -0.312. The van der Waals surface area contributed by atoms with Gasteiger partial charge in [-0.15, -0.1) is 0 Å². The summed E-state index contributed by atoms with van der Waals surface area (Å²) in [6.07, 6.45) is 1.72. The Kier molecular flexibility index (Phi) is 5.52. The van der Waals surface area contributed by atoms with Crippen LogP contribution < -0.4 is 4.74 Å². The van der Waals surface area contributed by atoms with Crippen molar-refractivity contribution in [3.63, 3.8) is 0 Å². The summed E-state index contributed by atoms with van der Waals surface area (Å²) in [7, 11) is 0. The van der Waals surface area contributed by atoms with Gasteiger partial charge in [-0.2, -0.15) is 0 Å². The van der Waals surface area contributed by atoms with E-state index in [0.29, 0.717) is 11.3 Å². The summed E-state index contributed by atoms with van der Waals surface area (Å²) in [6, 6.07) is 23.9. The zero-order valence-corrected chi connectivity index (χ0v) is 16.4. The van der Waals surface area contributed by atoms with E-state index in [1.54, 1.807) is 30.3 Å². The van der Waals surface area contributed by atoms with Crippen LogP contribution in [-0.2, 0) is 20.7 Å². The molecule has 0 saturated carbocycles. The first kappa shape index (κ1) is 19.3. The molecular weight excluding hydrogens is 378 g/mol.